The van der Waals surface area contributed by atoms with Gasteiger partial charge in [0.15, 0.2) is 5.16 Å². The third kappa shape index (κ3) is 3.07. The summed E-state index contributed by atoms with van der Waals surface area (Å²) in [6.07, 6.45) is 2.79. The number of nitrogens with one attached hydrogen (secondary N) is 1. The average Bonchev–Trinajstić information content (AvgIpc) is 2.77. The molecule has 0 fully saturated rings. The van der Waals surface area contributed by atoms with E-state index < -0.39 is 0 Å². The lowest BCUT2D eigenvalue weighted by atomic mass is 10.1. The van der Waals surface area contributed by atoms with E-state index in [4.69, 9.17) is 0 Å². The summed E-state index contributed by atoms with van der Waals surface area (Å²) < 4.78 is 0. The van der Waals surface area contributed by atoms with Gasteiger partial charge in [-0.2, -0.15) is 0 Å². The van der Waals surface area contributed by atoms with Crippen molar-refractivity contribution in [3.05, 3.63) is 43.0 Å². The Balaban J connectivity index is 1.79. The molecule has 0 radical (unpaired) electrons. The molecule has 2 aromatic rings. The monoisotopic (exact) mass is 321 g/mol. The van der Waals surface area contributed by atoms with Gasteiger partial charge in [-0.15, -0.1) is 11.3 Å². The van der Waals surface area contributed by atoms with Crippen molar-refractivity contribution in [2.45, 2.75) is 38.5 Å². The SMILES string of the molecule is CSc1nc2c(c(=O)[nH]1)CN(Cc1cc(C)c(C)s1)CC2. The van der Waals surface area contributed by atoms with Gasteiger partial charge in [0.2, 0.25) is 0 Å². The second-order valence-corrected chi connectivity index (χ2v) is 7.55. The molecule has 2 aromatic heterocycles. The molecule has 6 heteroatoms. The number of hydrogen-bond acceptors (Lipinski definition) is 5. The Morgan fingerprint density at radius 3 is 2.95 bits per heavy atom. The number of rotatable bonds is 3. The molecule has 1 aliphatic rings. The molecule has 0 amide bonds. The highest BCUT2D eigenvalue weighted by atomic mass is 32.2. The summed E-state index contributed by atoms with van der Waals surface area (Å²) in [7, 11) is 0. The molecule has 4 nitrogen and oxygen atoms in total. The zero-order valence-electron chi connectivity index (χ0n) is 12.5. The van der Waals surface area contributed by atoms with Crippen molar-refractivity contribution in [2.24, 2.45) is 0 Å². The van der Waals surface area contributed by atoms with Crippen molar-refractivity contribution in [2.75, 3.05) is 12.8 Å². The van der Waals surface area contributed by atoms with E-state index in [1.807, 2.05) is 17.6 Å². The molecule has 0 aromatic carbocycles. The first kappa shape index (κ1) is 14.8. The molecule has 0 aliphatic carbocycles. The molecule has 3 heterocycles. The average molecular weight is 321 g/mol. The molecule has 1 N–H and O–H groups in total. The third-order valence-corrected chi connectivity index (χ3v) is 5.63. The quantitative estimate of drug-likeness (QED) is 0.697. The van der Waals surface area contributed by atoms with Gasteiger partial charge in [0.25, 0.3) is 5.56 Å². The van der Waals surface area contributed by atoms with Crippen molar-refractivity contribution in [3.8, 4) is 0 Å². The lowest BCUT2D eigenvalue weighted by Crippen LogP contribution is -2.35. The maximum absolute atomic E-state index is 12.2. The highest BCUT2D eigenvalue weighted by Crippen LogP contribution is 2.24. The maximum Gasteiger partial charge on any atom is 0.256 e. The van der Waals surface area contributed by atoms with Crippen molar-refractivity contribution < 1.29 is 0 Å². The summed E-state index contributed by atoms with van der Waals surface area (Å²) >= 11 is 3.34. The normalized spacial score (nSPS) is 15.2. The topological polar surface area (TPSA) is 49.0 Å². The summed E-state index contributed by atoms with van der Waals surface area (Å²) in [6.45, 7) is 6.89. The molecule has 0 saturated heterocycles. The number of H-pyrrole nitrogens is 1. The molecular weight excluding hydrogens is 302 g/mol. The van der Waals surface area contributed by atoms with Crippen LogP contribution in [-0.4, -0.2) is 27.7 Å². The zero-order valence-corrected chi connectivity index (χ0v) is 14.2. The van der Waals surface area contributed by atoms with E-state index in [1.54, 1.807) is 0 Å². The van der Waals surface area contributed by atoms with Gasteiger partial charge < -0.3 is 4.98 Å². The number of thioether (sulfide) groups is 1. The van der Waals surface area contributed by atoms with E-state index in [9.17, 15) is 4.79 Å². The smallest absolute Gasteiger partial charge is 0.256 e. The van der Waals surface area contributed by atoms with Gasteiger partial charge in [0.1, 0.15) is 0 Å². The molecule has 112 valence electrons. The largest absolute Gasteiger partial charge is 0.301 e. The Bertz CT molecular complexity index is 701. The molecular formula is C15H19N3OS2. The van der Waals surface area contributed by atoms with E-state index in [-0.39, 0.29) is 5.56 Å². The summed E-state index contributed by atoms with van der Waals surface area (Å²) in [6, 6.07) is 2.26. The van der Waals surface area contributed by atoms with Crippen molar-refractivity contribution in [3.63, 3.8) is 0 Å². The fourth-order valence-electron chi connectivity index (χ4n) is 2.64. The fourth-order valence-corrected chi connectivity index (χ4v) is 4.13. The van der Waals surface area contributed by atoms with Crippen LogP contribution in [0, 0.1) is 13.8 Å². The number of hydrogen-bond donors (Lipinski definition) is 1. The molecule has 0 saturated carbocycles. The molecule has 3 rings (SSSR count). The van der Waals surface area contributed by atoms with Gasteiger partial charge in [-0.1, -0.05) is 11.8 Å². The Hall–Kier alpha value is -1.11. The summed E-state index contributed by atoms with van der Waals surface area (Å²) in [5.41, 5.74) is 3.19. The van der Waals surface area contributed by atoms with Crippen LogP contribution in [0.4, 0.5) is 0 Å². The third-order valence-electron chi connectivity index (χ3n) is 3.92. The lowest BCUT2D eigenvalue weighted by molar-refractivity contribution is 0.243. The first-order chi connectivity index (χ1) is 10.1. The predicted molar refractivity (Wildman–Crippen MR) is 88.2 cm³/mol. The molecule has 0 atom stereocenters. The molecule has 1 aliphatic heterocycles. The van der Waals surface area contributed by atoms with Crippen molar-refractivity contribution >= 4 is 23.1 Å². The molecule has 0 unspecified atom stereocenters. The van der Waals surface area contributed by atoms with Crippen LogP contribution in [0.15, 0.2) is 16.0 Å². The Kier molecular flexibility index (Phi) is 4.19. The van der Waals surface area contributed by atoms with Crippen LogP contribution in [0.25, 0.3) is 0 Å². The Labute approximate surface area is 132 Å². The molecule has 0 bridgehead atoms. The number of aryl methyl sites for hydroxylation is 2. The molecule has 21 heavy (non-hydrogen) atoms. The van der Waals surface area contributed by atoms with Crippen molar-refractivity contribution in [1.29, 1.82) is 0 Å². The number of aromatic nitrogens is 2. The standard InChI is InChI=1S/C15H19N3OS2/c1-9-6-11(21-10(9)2)7-18-5-4-13-12(8-18)14(19)17-15(16-13)20-3/h6H,4-5,7-8H2,1-3H3,(H,16,17,19). The van der Waals surface area contributed by atoms with E-state index in [0.29, 0.717) is 6.54 Å². The van der Waals surface area contributed by atoms with Gasteiger partial charge in [-0.05, 0) is 31.7 Å². The van der Waals surface area contributed by atoms with Crippen LogP contribution in [-0.2, 0) is 19.5 Å². The van der Waals surface area contributed by atoms with Crippen molar-refractivity contribution in [1.82, 2.24) is 14.9 Å². The van der Waals surface area contributed by atoms with Gasteiger partial charge in [0, 0.05) is 35.8 Å². The Morgan fingerprint density at radius 2 is 2.29 bits per heavy atom. The highest BCUT2D eigenvalue weighted by molar-refractivity contribution is 7.98. The zero-order chi connectivity index (χ0) is 15.0. The number of aromatic amines is 1. The van der Waals surface area contributed by atoms with Gasteiger partial charge in [0.05, 0.1) is 11.3 Å². The molecule has 0 spiro atoms. The van der Waals surface area contributed by atoms with Crippen LogP contribution in [0.5, 0.6) is 0 Å². The summed E-state index contributed by atoms with van der Waals surface area (Å²) in [5.74, 6) is 0. The van der Waals surface area contributed by atoms with E-state index >= 15 is 0 Å². The maximum atomic E-state index is 12.2. The highest BCUT2D eigenvalue weighted by Gasteiger charge is 2.21. The van der Waals surface area contributed by atoms with Gasteiger partial charge in [-0.3, -0.25) is 9.69 Å². The second kappa shape index (κ2) is 5.94. The van der Waals surface area contributed by atoms with E-state index in [2.05, 4.69) is 34.8 Å². The summed E-state index contributed by atoms with van der Waals surface area (Å²) in [5, 5.41) is 0.719. The van der Waals surface area contributed by atoms with Gasteiger partial charge >= 0.3 is 0 Å². The minimum absolute atomic E-state index is 0.0209. The van der Waals surface area contributed by atoms with Crippen LogP contribution in [0.3, 0.4) is 0 Å². The van der Waals surface area contributed by atoms with E-state index in [1.165, 1.54) is 27.1 Å². The first-order valence-electron chi connectivity index (χ1n) is 7.01. The van der Waals surface area contributed by atoms with Crippen LogP contribution < -0.4 is 5.56 Å². The minimum atomic E-state index is 0.0209. The van der Waals surface area contributed by atoms with Crippen LogP contribution in [0.2, 0.25) is 0 Å². The van der Waals surface area contributed by atoms with Crippen LogP contribution >= 0.6 is 23.1 Å². The summed E-state index contributed by atoms with van der Waals surface area (Å²) in [4.78, 5) is 24.6. The van der Waals surface area contributed by atoms with Crippen LogP contribution in [0.1, 0.15) is 26.6 Å². The van der Waals surface area contributed by atoms with E-state index in [0.717, 1.165) is 35.9 Å². The lowest BCUT2D eigenvalue weighted by Gasteiger charge is -2.27. The number of nitrogens with zero attached hydrogens (tertiary/aromatic N) is 2. The van der Waals surface area contributed by atoms with Gasteiger partial charge in [-0.25, -0.2) is 4.98 Å². The Morgan fingerprint density at radius 1 is 1.48 bits per heavy atom. The predicted octanol–water partition coefficient (Wildman–Crippen LogP) is 2.73. The number of fused-ring (bicyclic) bond motifs is 1. The second-order valence-electron chi connectivity index (χ2n) is 5.41. The fraction of sp³-hybridized carbons (Fsp3) is 0.467. The first-order valence-corrected chi connectivity index (χ1v) is 9.05. The number of thiophene rings is 1. The minimum Gasteiger partial charge on any atom is -0.301 e.